The maximum atomic E-state index is 5.82. The Morgan fingerprint density at radius 2 is 2.17 bits per heavy atom. The summed E-state index contributed by atoms with van der Waals surface area (Å²) < 4.78 is 5.49. The van der Waals surface area contributed by atoms with E-state index in [1.165, 1.54) is 24.8 Å². The molecule has 1 aliphatic carbocycles. The van der Waals surface area contributed by atoms with Crippen LogP contribution in [0.5, 0.6) is 0 Å². The maximum Gasteiger partial charge on any atom is 0.0634 e. The van der Waals surface area contributed by atoms with E-state index < -0.39 is 0 Å². The van der Waals surface area contributed by atoms with Gasteiger partial charge in [0.1, 0.15) is 0 Å². The van der Waals surface area contributed by atoms with Crippen molar-refractivity contribution in [1.82, 2.24) is 4.90 Å². The summed E-state index contributed by atoms with van der Waals surface area (Å²) in [5.41, 5.74) is 10.4. The highest BCUT2D eigenvalue weighted by Crippen LogP contribution is 2.24. The zero-order chi connectivity index (χ0) is 12.4. The van der Waals surface area contributed by atoms with Gasteiger partial charge in [-0.15, -0.1) is 0 Å². The van der Waals surface area contributed by atoms with Gasteiger partial charge in [0.05, 0.1) is 13.2 Å². The Morgan fingerprint density at radius 3 is 3.06 bits per heavy atom. The first-order chi connectivity index (χ1) is 8.86. The minimum absolute atomic E-state index is 0.381. The van der Waals surface area contributed by atoms with Gasteiger partial charge >= 0.3 is 0 Å². The van der Waals surface area contributed by atoms with Crippen molar-refractivity contribution in [2.24, 2.45) is 5.73 Å². The van der Waals surface area contributed by atoms with Gasteiger partial charge < -0.3 is 10.5 Å². The molecule has 3 rings (SSSR count). The Balaban J connectivity index is 1.71. The summed E-state index contributed by atoms with van der Waals surface area (Å²) in [6.07, 6.45) is 3.84. The molecule has 0 aromatic heterocycles. The van der Waals surface area contributed by atoms with Crippen LogP contribution in [0.15, 0.2) is 18.2 Å². The van der Waals surface area contributed by atoms with Crippen molar-refractivity contribution < 1.29 is 4.74 Å². The summed E-state index contributed by atoms with van der Waals surface area (Å²) in [5.74, 6) is 0. The predicted octanol–water partition coefficient (Wildman–Crippen LogP) is 1.33. The Labute approximate surface area is 109 Å². The monoisotopic (exact) mass is 246 g/mol. The van der Waals surface area contributed by atoms with E-state index in [1.54, 1.807) is 11.1 Å². The van der Waals surface area contributed by atoms with Crippen LogP contribution < -0.4 is 5.73 Å². The summed E-state index contributed by atoms with van der Waals surface area (Å²) >= 11 is 0. The lowest BCUT2D eigenvalue weighted by Crippen LogP contribution is -2.48. The summed E-state index contributed by atoms with van der Waals surface area (Å²) in [6.45, 7) is 4.31. The highest BCUT2D eigenvalue weighted by atomic mass is 16.5. The van der Waals surface area contributed by atoms with Gasteiger partial charge in [-0.1, -0.05) is 18.2 Å². The van der Waals surface area contributed by atoms with Crippen molar-refractivity contribution in [1.29, 1.82) is 0 Å². The van der Waals surface area contributed by atoms with E-state index in [4.69, 9.17) is 10.5 Å². The highest BCUT2D eigenvalue weighted by molar-refractivity contribution is 5.35. The zero-order valence-electron chi connectivity index (χ0n) is 10.9. The number of hydrogen-bond donors (Lipinski definition) is 1. The number of nitrogens with two attached hydrogens (primary N) is 1. The second-order valence-electron chi connectivity index (χ2n) is 5.39. The van der Waals surface area contributed by atoms with Gasteiger partial charge in [0, 0.05) is 25.7 Å². The molecular formula is C15H22N2O. The Bertz CT molecular complexity index is 419. The topological polar surface area (TPSA) is 38.5 Å². The molecule has 0 amide bonds. The number of morpholine rings is 1. The second kappa shape index (κ2) is 5.39. The van der Waals surface area contributed by atoms with E-state index >= 15 is 0 Å². The van der Waals surface area contributed by atoms with Crippen LogP contribution in [0.3, 0.4) is 0 Å². The third kappa shape index (κ3) is 2.44. The average molecular weight is 246 g/mol. The summed E-state index contributed by atoms with van der Waals surface area (Å²) in [7, 11) is 0. The fraction of sp³-hybridized carbons (Fsp3) is 0.600. The van der Waals surface area contributed by atoms with Crippen LogP contribution in [0.4, 0.5) is 0 Å². The average Bonchev–Trinajstić information content (AvgIpc) is 2.87. The Kier molecular flexibility index (Phi) is 3.64. The molecule has 1 aromatic rings. The molecule has 1 heterocycles. The van der Waals surface area contributed by atoms with Crippen LogP contribution >= 0.6 is 0 Å². The quantitative estimate of drug-likeness (QED) is 0.874. The van der Waals surface area contributed by atoms with E-state index in [-0.39, 0.29) is 0 Å². The summed E-state index contributed by atoms with van der Waals surface area (Å²) in [5, 5.41) is 0. The number of nitrogens with zero attached hydrogens (tertiary/aromatic N) is 1. The SMILES string of the molecule is NCC1COCCN1Cc1ccc2c(c1)CCC2. The van der Waals surface area contributed by atoms with Crippen LogP contribution in [-0.2, 0) is 24.1 Å². The Hall–Kier alpha value is -0.900. The number of hydrogen-bond acceptors (Lipinski definition) is 3. The van der Waals surface area contributed by atoms with Crippen molar-refractivity contribution in [2.75, 3.05) is 26.3 Å². The number of ether oxygens (including phenoxy) is 1. The molecule has 98 valence electrons. The van der Waals surface area contributed by atoms with Crippen LogP contribution in [0.25, 0.3) is 0 Å². The third-order valence-corrected chi connectivity index (χ3v) is 4.17. The van der Waals surface area contributed by atoms with Crippen LogP contribution in [-0.4, -0.2) is 37.2 Å². The molecule has 1 aliphatic heterocycles. The lowest BCUT2D eigenvalue weighted by molar-refractivity contribution is -0.00793. The zero-order valence-corrected chi connectivity index (χ0v) is 10.9. The minimum atomic E-state index is 0.381. The molecule has 3 nitrogen and oxygen atoms in total. The Morgan fingerprint density at radius 1 is 1.28 bits per heavy atom. The summed E-state index contributed by atoms with van der Waals surface area (Å²) in [6, 6.07) is 7.38. The lowest BCUT2D eigenvalue weighted by atomic mass is 10.1. The molecule has 18 heavy (non-hydrogen) atoms. The fourth-order valence-corrected chi connectivity index (χ4v) is 3.07. The van der Waals surface area contributed by atoms with Crippen LogP contribution in [0, 0.1) is 0 Å². The van der Waals surface area contributed by atoms with Crippen molar-refractivity contribution in [3.8, 4) is 0 Å². The van der Waals surface area contributed by atoms with Gasteiger partial charge in [-0.2, -0.15) is 0 Å². The fourth-order valence-electron chi connectivity index (χ4n) is 3.07. The molecule has 1 aromatic carbocycles. The number of fused-ring (bicyclic) bond motifs is 1. The molecule has 2 N–H and O–H groups in total. The molecule has 1 unspecified atom stereocenters. The first-order valence-corrected chi connectivity index (χ1v) is 6.99. The minimum Gasteiger partial charge on any atom is -0.378 e. The molecule has 2 aliphatic rings. The molecule has 0 bridgehead atoms. The molecule has 1 atom stereocenters. The van der Waals surface area contributed by atoms with Gasteiger partial charge in [0.2, 0.25) is 0 Å². The standard InChI is InChI=1S/C15H22N2O/c16-9-15-11-18-7-6-17(15)10-12-4-5-13-2-1-3-14(13)8-12/h4-5,8,15H,1-3,6-7,9-11,16H2. The summed E-state index contributed by atoms with van der Waals surface area (Å²) in [4.78, 5) is 2.46. The van der Waals surface area contributed by atoms with Crippen molar-refractivity contribution in [2.45, 2.75) is 31.8 Å². The van der Waals surface area contributed by atoms with E-state index in [0.29, 0.717) is 12.6 Å². The van der Waals surface area contributed by atoms with Gasteiger partial charge in [-0.3, -0.25) is 4.90 Å². The molecule has 1 fully saturated rings. The number of rotatable bonds is 3. The van der Waals surface area contributed by atoms with E-state index in [9.17, 15) is 0 Å². The molecule has 0 saturated carbocycles. The first kappa shape index (κ1) is 12.2. The lowest BCUT2D eigenvalue weighted by Gasteiger charge is -2.34. The molecule has 1 saturated heterocycles. The van der Waals surface area contributed by atoms with Crippen molar-refractivity contribution >= 4 is 0 Å². The number of aryl methyl sites for hydroxylation is 2. The molecule has 0 radical (unpaired) electrons. The highest BCUT2D eigenvalue weighted by Gasteiger charge is 2.22. The van der Waals surface area contributed by atoms with E-state index in [1.807, 2.05) is 0 Å². The van der Waals surface area contributed by atoms with Gasteiger partial charge in [-0.05, 0) is 36.0 Å². The molecule has 3 heteroatoms. The smallest absolute Gasteiger partial charge is 0.0634 e. The predicted molar refractivity (Wildman–Crippen MR) is 72.5 cm³/mol. The van der Waals surface area contributed by atoms with Gasteiger partial charge in [0.15, 0.2) is 0 Å². The van der Waals surface area contributed by atoms with E-state index in [0.717, 1.165) is 26.3 Å². The first-order valence-electron chi connectivity index (χ1n) is 6.99. The van der Waals surface area contributed by atoms with Crippen LogP contribution in [0.1, 0.15) is 23.1 Å². The third-order valence-electron chi connectivity index (χ3n) is 4.17. The maximum absolute atomic E-state index is 5.82. The van der Waals surface area contributed by atoms with Gasteiger partial charge in [0.25, 0.3) is 0 Å². The van der Waals surface area contributed by atoms with Crippen molar-refractivity contribution in [3.63, 3.8) is 0 Å². The van der Waals surface area contributed by atoms with Gasteiger partial charge in [-0.25, -0.2) is 0 Å². The van der Waals surface area contributed by atoms with E-state index in [2.05, 4.69) is 23.1 Å². The second-order valence-corrected chi connectivity index (χ2v) is 5.39. The normalized spacial score (nSPS) is 24.2. The molecular weight excluding hydrogens is 224 g/mol. The number of benzene rings is 1. The van der Waals surface area contributed by atoms with Crippen LogP contribution in [0.2, 0.25) is 0 Å². The largest absolute Gasteiger partial charge is 0.378 e. The molecule has 0 spiro atoms. The van der Waals surface area contributed by atoms with Crippen molar-refractivity contribution in [3.05, 3.63) is 34.9 Å².